The Balaban J connectivity index is 1.90. The second kappa shape index (κ2) is 10.1. The van der Waals surface area contributed by atoms with Crippen molar-refractivity contribution >= 4 is 17.4 Å². The van der Waals surface area contributed by atoms with Crippen LogP contribution in [0.1, 0.15) is 49.1 Å². The molecule has 0 saturated carbocycles. The highest BCUT2D eigenvalue weighted by Gasteiger charge is 2.46. The van der Waals surface area contributed by atoms with E-state index in [1.807, 2.05) is 24.3 Å². The smallest absolute Gasteiger partial charge is 0.295 e. The third-order valence-corrected chi connectivity index (χ3v) is 6.56. The lowest BCUT2D eigenvalue weighted by atomic mass is 9.85. The molecule has 0 spiro atoms. The number of nitrogens with zero attached hydrogens (tertiary/aromatic N) is 1. The van der Waals surface area contributed by atoms with Crippen LogP contribution in [0.2, 0.25) is 0 Å². The molecule has 1 aliphatic rings. The first-order chi connectivity index (χ1) is 17.5. The molecule has 1 heterocycles. The second-order valence-electron chi connectivity index (χ2n) is 9.99. The van der Waals surface area contributed by atoms with Gasteiger partial charge in [0.2, 0.25) is 0 Å². The van der Waals surface area contributed by atoms with E-state index in [4.69, 9.17) is 9.47 Å². The van der Waals surface area contributed by atoms with Gasteiger partial charge in [-0.2, -0.15) is 0 Å². The third-order valence-electron chi connectivity index (χ3n) is 6.56. The van der Waals surface area contributed by atoms with Crippen molar-refractivity contribution in [1.82, 2.24) is 4.90 Å². The van der Waals surface area contributed by atoms with Crippen molar-refractivity contribution < 1.29 is 28.6 Å². The van der Waals surface area contributed by atoms with E-state index in [0.717, 1.165) is 5.56 Å². The van der Waals surface area contributed by atoms with Crippen LogP contribution in [0.15, 0.2) is 72.3 Å². The fraction of sp³-hybridized carbons (Fsp3) is 0.267. The van der Waals surface area contributed by atoms with Gasteiger partial charge in [0.25, 0.3) is 11.7 Å². The van der Waals surface area contributed by atoms with E-state index < -0.39 is 23.5 Å². The summed E-state index contributed by atoms with van der Waals surface area (Å²) in [5.74, 6) is -1.54. The maximum Gasteiger partial charge on any atom is 0.295 e. The van der Waals surface area contributed by atoms with Crippen LogP contribution in [0.25, 0.3) is 5.76 Å². The Morgan fingerprint density at radius 3 is 2.16 bits per heavy atom. The van der Waals surface area contributed by atoms with E-state index in [0.29, 0.717) is 22.6 Å². The predicted molar refractivity (Wildman–Crippen MR) is 139 cm³/mol. The van der Waals surface area contributed by atoms with Crippen LogP contribution in [0, 0.1) is 5.82 Å². The van der Waals surface area contributed by atoms with Gasteiger partial charge in [0.15, 0.2) is 0 Å². The molecule has 0 radical (unpaired) electrons. The van der Waals surface area contributed by atoms with Crippen LogP contribution in [0.3, 0.4) is 0 Å². The first-order valence-corrected chi connectivity index (χ1v) is 11.9. The van der Waals surface area contributed by atoms with Gasteiger partial charge >= 0.3 is 0 Å². The summed E-state index contributed by atoms with van der Waals surface area (Å²) in [5.41, 5.74) is 2.49. The maximum absolute atomic E-state index is 13.5. The summed E-state index contributed by atoms with van der Waals surface area (Å²) >= 11 is 0. The highest BCUT2D eigenvalue weighted by molar-refractivity contribution is 6.46. The molecule has 4 rings (SSSR count). The van der Waals surface area contributed by atoms with Gasteiger partial charge in [-0.1, -0.05) is 57.2 Å². The van der Waals surface area contributed by atoms with Gasteiger partial charge in [0.1, 0.15) is 23.1 Å². The Labute approximate surface area is 215 Å². The standard InChI is InChI=1S/C30H30FNO5/c1-30(2,3)20-10-8-19(9-11-20)26-25(27(33)23-16-22(36-4)14-15-24(23)37-5)28(34)29(35)32(26)17-18-6-12-21(31)13-7-18/h6-16,26,33H,17H2,1-5H3/b27-25+. The summed E-state index contributed by atoms with van der Waals surface area (Å²) in [7, 11) is 2.94. The molecule has 0 aromatic heterocycles. The van der Waals surface area contributed by atoms with Crippen molar-refractivity contribution in [3.8, 4) is 11.5 Å². The number of likely N-dealkylation sites (tertiary alicyclic amines) is 1. The molecule has 1 atom stereocenters. The van der Waals surface area contributed by atoms with Crippen molar-refractivity contribution in [1.29, 1.82) is 0 Å². The number of aliphatic hydroxyl groups excluding tert-OH is 1. The van der Waals surface area contributed by atoms with E-state index in [1.54, 1.807) is 30.3 Å². The van der Waals surface area contributed by atoms with Crippen LogP contribution in [0.5, 0.6) is 11.5 Å². The van der Waals surface area contributed by atoms with Crippen molar-refractivity contribution in [3.63, 3.8) is 0 Å². The molecule has 7 heteroatoms. The number of benzene rings is 3. The summed E-state index contributed by atoms with van der Waals surface area (Å²) in [6.07, 6.45) is 0. The third kappa shape index (κ3) is 5.07. The Morgan fingerprint density at radius 2 is 1.59 bits per heavy atom. The van der Waals surface area contributed by atoms with E-state index in [-0.39, 0.29) is 28.9 Å². The first-order valence-electron chi connectivity index (χ1n) is 11.9. The number of rotatable bonds is 6. The molecule has 6 nitrogen and oxygen atoms in total. The molecular weight excluding hydrogens is 473 g/mol. The lowest BCUT2D eigenvalue weighted by Crippen LogP contribution is -2.29. The number of amides is 1. The maximum atomic E-state index is 13.5. The van der Waals surface area contributed by atoms with Crippen LogP contribution >= 0.6 is 0 Å². The zero-order valence-corrected chi connectivity index (χ0v) is 21.5. The number of hydrogen-bond donors (Lipinski definition) is 1. The van der Waals surface area contributed by atoms with Crippen LogP contribution in [0.4, 0.5) is 4.39 Å². The summed E-state index contributed by atoms with van der Waals surface area (Å²) in [6, 6.07) is 17.4. The minimum Gasteiger partial charge on any atom is -0.507 e. The molecule has 3 aromatic carbocycles. The Hall–Kier alpha value is -4.13. The SMILES string of the molecule is COc1ccc(OC)c(/C(O)=C2\C(=O)C(=O)N(Cc3ccc(F)cc3)C2c2ccc(C(C)(C)C)cc2)c1. The molecule has 1 aliphatic heterocycles. The zero-order chi connectivity index (χ0) is 26.9. The van der Waals surface area contributed by atoms with Crippen LogP contribution in [-0.4, -0.2) is 35.9 Å². The number of carbonyl (C=O) groups excluding carboxylic acids is 2. The number of ether oxygens (including phenoxy) is 2. The molecule has 1 N–H and O–H groups in total. The van der Waals surface area contributed by atoms with Gasteiger partial charge < -0.3 is 19.5 Å². The fourth-order valence-electron chi connectivity index (χ4n) is 4.49. The molecule has 1 fully saturated rings. The van der Waals surface area contributed by atoms with Gasteiger partial charge in [-0.05, 0) is 52.4 Å². The lowest BCUT2D eigenvalue weighted by molar-refractivity contribution is -0.140. The average Bonchev–Trinajstić information content (AvgIpc) is 3.13. The van der Waals surface area contributed by atoms with Gasteiger partial charge in [-0.15, -0.1) is 0 Å². The average molecular weight is 504 g/mol. The topological polar surface area (TPSA) is 76.1 Å². The molecule has 1 amide bonds. The summed E-state index contributed by atoms with van der Waals surface area (Å²) in [6.45, 7) is 6.34. The molecule has 0 bridgehead atoms. The van der Waals surface area contributed by atoms with Gasteiger partial charge in [0.05, 0.1) is 31.4 Å². The molecule has 37 heavy (non-hydrogen) atoms. The fourth-order valence-corrected chi connectivity index (χ4v) is 4.49. The Bertz CT molecular complexity index is 1350. The number of aliphatic hydroxyl groups is 1. The van der Waals surface area contributed by atoms with Gasteiger partial charge in [-0.25, -0.2) is 4.39 Å². The highest BCUT2D eigenvalue weighted by atomic mass is 19.1. The predicted octanol–water partition coefficient (Wildman–Crippen LogP) is 5.76. The summed E-state index contributed by atoms with van der Waals surface area (Å²) < 4.78 is 24.2. The quantitative estimate of drug-likeness (QED) is 0.263. The second-order valence-corrected chi connectivity index (χ2v) is 9.99. The molecule has 1 saturated heterocycles. The summed E-state index contributed by atoms with van der Waals surface area (Å²) in [5, 5.41) is 11.5. The number of halogens is 1. The van der Waals surface area contributed by atoms with Gasteiger partial charge in [-0.3, -0.25) is 9.59 Å². The van der Waals surface area contributed by atoms with E-state index >= 15 is 0 Å². The van der Waals surface area contributed by atoms with E-state index in [9.17, 15) is 19.1 Å². The molecule has 1 unspecified atom stereocenters. The van der Waals surface area contributed by atoms with E-state index in [2.05, 4.69) is 20.8 Å². The monoisotopic (exact) mass is 503 g/mol. The van der Waals surface area contributed by atoms with E-state index in [1.165, 1.54) is 31.3 Å². The molecule has 3 aromatic rings. The normalized spacial score (nSPS) is 17.2. The summed E-state index contributed by atoms with van der Waals surface area (Å²) in [4.78, 5) is 28.1. The highest BCUT2D eigenvalue weighted by Crippen LogP contribution is 2.42. The minimum atomic E-state index is -0.866. The van der Waals surface area contributed by atoms with Crippen molar-refractivity contribution in [3.05, 3.63) is 100 Å². The Morgan fingerprint density at radius 1 is 0.946 bits per heavy atom. The van der Waals surface area contributed by atoms with Crippen molar-refractivity contribution in [2.75, 3.05) is 14.2 Å². The number of ketones is 1. The first kappa shape index (κ1) is 25.9. The zero-order valence-electron chi connectivity index (χ0n) is 21.5. The van der Waals surface area contributed by atoms with Crippen molar-refractivity contribution in [2.24, 2.45) is 0 Å². The molecular formula is C30H30FNO5. The van der Waals surface area contributed by atoms with Crippen LogP contribution in [-0.2, 0) is 21.5 Å². The van der Waals surface area contributed by atoms with Crippen LogP contribution < -0.4 is 9.47 Å². The lowest BCUT2D eigenvalue weighted by Gasteiger charge is -2.27. The Kier molecular flexibility index (Phi) is 7.07. The number of carbonyl (C=O) groups is 2. The number of Topliss-reactive ketones (excluding diaryl/α,β-unsaturated/α-hetero) is 1. The minimum absolute atomic E-state index is 0.0535. The molecule has 0 aliphatic carbocycles. The molecule has 192 valence electrons. The van der Waals surface area contributed by atoms with Gasteiger partial charge in [0, 0.05) is 6.54 Å². The van der Waals surface area contributed by atoms with Crippen molar-refractivity contribution in [2.45, 2.75) is 38.8 Å². The number of hydrogen-bond acceptors (Lipinski definition) is 5. The largest absolute Gasteiger partial charge is 0.507 e. The number of methoxy groups -OCH3 is 2.